The van der Waals surface area contributed by atoms with E-state index in [9.17, 15) is 4.79 Å². The molecule has 1 unspecified atom stereocenters. The van der Waals surface area contributed by atoms with Crippen molar-refractivity contribution < 1.29 is 9.53 Å². The van der Waals surface area contributed by atoms with Crippen molar-refractivity contribution in [1.82, 2.24) is 14.5 Å². The average molecular weight is 330 g/mol. The number of hydrogen-bond acceptors (Lipinski definition) is 5. The summed E-state index contributed by atoms with van der Waals surface area (Å²) in [6, 6.07) is 3.61. The molecule has 0 amide bonds. The van der Waals surface area contributed by atoms with Crippen molar-refractivity contribution in [3.05, 3.63) is 42.1 Å². The molecule has 2 aromatic heterocycles. The minimum Gasteiger partial charge on any atom is -0.465 e. The summed E-state index contributed by atoms with van der Waals surface area (Å²) in [7, 11) is 0. The van der Waals surface area contributed by atoms with Crippen LogP contribution >= 0.6 is 0 Å². The zero-order valence-electron chi connectivity index (χ0n) is 14.6. The van der Waals surface area contributed by atoms with Crippen molar-refractivity contribution in [1.29, 1.82) is 0 Å². The van der Waals surface area contributed by atoms with Gasteiger partial charge in [0.15, 0.2) is 0 Å². The second-order valence-corrected chi connectivity index (χ2v) is 6.32. The molecule has 2 aromatic rings. The molecule has 0 aliphatic rings. The molecule has 6 nitrogen and oxygen atoms in total. The quantitative estimate of drug-likeness (QED) is 0.753. The van der Waals surface area contributed by atoms with E-state index in [-0.39, 0.29) is 5.97 Å². The summed E-state index contributed by atoms with van der Waals surface area (Å²) < 4.78 is 7.26. The zero-order chi connectivity index (χ0) is 17.5. The summed E-state index contributed by atoms with van der Waals surface area (Å²) in [5.41, 5.74) is 7.28. The third kappa shape index (κ3) is 5.08. The number of carbonyl (C=O) groups is 1. The lowest BCUT2D eigenvalue weighted by atomic mass is 9.97. The van der Waals surface area contributed by atoms with Crippen LogP contribution in [0.15, 0.2) is 30.9 Å². The smallest absolute Gasteiger partial charge is 0.315 e. The monoisotopic (exact) mass is 330 g/mol. The van der Waals surface area contributed by atoms with Crippen LogP contribution in [0.3, 0.4) is 0 Å². The molecule has 0 aliphatic heterocycles. The van der Waals surface area contributed by atoms with E-state index < -0.39 is 5.92 Å². The Kier molecular flexibility index (Phi) is 6.35. The van der Waals surface area contributed by atoms with Crippen molar-refractivity contribution in [3.8, 4) is 0 Å². The Morgan fingerprint density at radius 3 is 2.75 bits per heavy atom. The molecule has 0 saturated carbocycles. The molecule has 0 saturated heterocycles. The Labute approximate surface area is 143 Å². The lowest BCUT2D eigenvalue weighted by Gasteiger charge is -2.13. The number of nitrogen functional groups attached to an aromatic ring is 1. The number of rotatable bonds is 8. The third-order valence-corrected chi connectivity index (χ3v) is 3.83. The van der Waals surface area contributed by atoms with Gasteiger partial charge in [-0.15, -0.1) is 0 Å². The maximum absolute atomic E-state index is 12.4. The molecule has 24 heavy (non-hydrogen) atoms. The van der Waals surface area contributed by atoms with Crippen molar-refractivity contribution in [3.63, 3.8) is 0 Å². The molecule has 0 radical (unpaired) electrons. The van der Waals surface area contributed by atoms with E-state index in [0.717, 1.165) is 24.2 Å². The van der Waals surface area contributed by atoms with Crippen LogP contribution in [0.4, 0.5) is 5.82 Å². The van der Waals surface area contributed by atoms with Crippen LogP contribution in [0.5, 0.6) is 0 Å². The van der Waals surface area contributed by atoms with E-state index in [0.29, 0.717) is 24.8 Å². The molecule has 2 N–H and O–H groups in total. The number of aryl methyl sites for hydroxylation is 1. The Balaban J connectivity index is 2.16. The Bertz CT molecular complexity index is 649. The summed E-state index contributed by atoms with van der Waals surface area (Å²) in [6.45, 7) is 7.43. The van der Waals surface area contributed by atoms with Crippen LogP contribution in [0.1, 0.15) is 44.4 Å². The first kappa shape index (κ1) is 18.0. The Hall–Kier alpha value is -2.37. The van der Waals surface area contributed by atoms with Crippen LogP contribution in [-0.2, 0) is 22.5 Å². The number of ether oxygens (including phenoxy) is 1. The highest BCUT2D eigenvalue weighted by Gasteiger charge is 2.25. The molecule has 1 atom stereocenters. The van der Waals surface area contributed by atoms with Gasteiger partial charge in [-0.05, 0) is 37.3 Å². The highest BCUT2D eigenvalue weighted by Crippen LogP contribution is 2.22. The van der Waals surface area contributed by atoms with Gasteiger partial charge in [0, 0.05) is 18.9 Å². The zero-order valence-corrected chi connectivity index (χ0v) is 14.6. The number of esters is 1. The predicted molar refractivity (Wildman–Crippen MR) is 93.4 cm³/mol. The Morgan fingerprint density at radius 2 is 2.12 bits per heavy atom. The molecule has 0 bridgehead atoms. The van der Waals surface area contributed by atoms with Crippen molar-refractivity contribution in [2.75, 3.05) is 12.3 Å². The molecule has 0 fully saturated rings. The fourth-order valence-corrected chi connectivity index (χ4v) is 2.43. The van der Waals surface area contributed by atoms with Crippen LogP contribution in [0.2, 0.25) is 0 Å². The van der Waals surface area contributed by atoms with Gasteiger partial charge in [0.2, 0.25) is 0 Å². The van der Waals surface area contributed by atoms with E-state index in [2.05, 4.69) is 23.8 Å². The number of anilines is 1. The van der Waals surface area contributed by atoms with Gasteiger partial charge in [-0.3, -0.25) is 4.79 Å². The SMILES string of the molecule is CCOC(=O)C(Cc1ccc(N)nc1)c1cn(CCC(C)C)cn1. The first-order valence-corrected chi connectivity index (χ1v) is 8.38. The first-order chi connectivity index (χ1) is 11.5. The summed E-state index contributed by atoms with van der Waals surface area (Å²) in [5, 5.41) is 0. The number of nitrogens with two attached hydrogens (primary N) is 1. The lowest BCUT2D eigenvalue weighted by molar-refractivity contribution is -0.145. The highest BCUT2D eigenvalue weighted by atomic mass is 16.5. The maximum atomic E-state index is 12.4. The van der Waals surface area contributed by atoms with Crippen LogP contribution in [-0.4, -0.2) is 27.1 Å². The van der Waals surface area contributed by atoms with Gasteiger partial charge < -0.3 is 15.0 Å². The van der Waals surface area contributed by atoms with Crippen molar-refractivity contribution in [2.45, 2.75) is 46.1 Å². The average Bonchev–Trinajstić information content (AvgIpc) is 3.01. The summed E-state index contributed by atoms with van der Waals surface area (Å²) in [5.74, 6) is 0.390. The van der Waals surface area contributed by atoms with Gasteiger partial charge in [0.05, 0.1) is 18.6 Å². The van der Waals surface area contributed by atoms with Crippen LogP contribution in [0.25, 0.3) is 0 Å². The fourth-order valence-electron chi connectivity index (χ4n) is 2.43. The molecule has 0 spiro atoms. The van der Waals surface area contributed by atoms with E-state index >= 15 is 0 Å². The maximum Gasteiger partial charge on any atom is 0.315 e. The Morgan fingerprint density at radius 1 is 1.33 bits per heavy atom. The van der Waals surface area contributed by atoms with E-state index in [1.807, 2.05) is 16.8 Å². The molecular weight excluding hydrogens is 304 g/mol. The molecule has 0 aromatic carbocycles. The van der Waals surface area contributed by atoms with E-state index in [4.69, 9.17) is 10.5 Å². The first-order valence-electron chi connectivity index (χ1n) is 8.38. The standard InChI is InChI=1S/C18H26N4O2/c1-4-24-18(23)15(9-14-5-6-17(19)20-10-14)16-11-22(12-21-16)8-7-13(2)3/h5-6,10-13,15H,4,7-9H2,1-3H3,(H2,19,20). The number of aromatic nitrogens is 3. The number of hydrogen-bond donors (Lipinski definition) is 1. The van der Waals surface area contributed by atoms with Crippen LogP contribution in [0, 0.1) is 5.92 Å². The summed E-state index contributed by atoms with van der Waals surface area (Å²) in [4.78, 5) is 20.9. The van der Waals surface area contributed by atoms with Crippen LogP contribution < -0.4 is 5.73 Å². The minimum atomic E-state index is -0.435. The van der Waals surface area contributed by atoms with Gasteiger partial charge in [0.1, 0.15) is 11.7 Å². The number of imidazole rings is 1. The van der Waals surface area contributed by atoms with Gasteiger partial charge in [0.25, 0.3) is 0 Å². The second kappa shape index (κ2) is 8.47. The molecular formula is C18H26N4O2. The topological polar surface area (TPSA) is 83.0 Å². The summed E-state index contributed by atoms with van der Waals surface area (Å²) >= 11 is 0. The molecule has 2 rings (SSSR count). The normalized spacial score (nSPS) is 12.3. The van der Waals surface area contributed by atoms with Gasteiger partial charge >= 0.3 is 5.97 Å². The lowest BCUT2D eigenvalue weighted by Crippen LogP contribution is -2.19. The largest absolute Gasteiger partial charge is 0.465 e. The van der Waals surface area contributed by atoms with Gasteiger partial charge in [-0.1, -0.05) is 19.9 Å². The number of nitrogens with zero attached hydrogens (tertiary/aromatic N) is 3. The second-order valence-electron chi connectivity index (χ2n) is 6.32. The number of pyridine rings is 1. The van der Waals surface area contributed by atoms with Gasteiger partial charge in [-0.2, -0.15) is 0 Å². The van der Waals surface area contributed by atoms with Crippen molar-refractivity contribution >= 4 is 11.8 Å². The number of carbonyl (C=O) groups excluding carboxylic acids is 1. The molecule has 130 valence electrons. The van der Waals surface area contributed by atoms with Crippen molar-refractivity contribution in [2.24, 2.45) is 5.92 Å². The van der Waals surface area contributed by atoms with E-state index in [1.165, 1.54) is 0 Å². The fraction of sp³-hybridized carbons (Fsp3) is 0.500. The molecule has 0 aliphatic carbocycles. The minimum absolute atomic E-state index is 0.261. The van der Waals surface area contributed by atoms with E-state index in [1.54, 1.807) is 25.5 Å². The molecule has 6 heteroatoms. The van der Waals surface area contributed by atoms with Gasteiger partial charge in [-0.25, -0.2) is 9.97 Å². The predicted octanol–water partition coefficient (Wildman–Crippen LogP) is 2.80. The highest BCUT2D eigenvalue weighted by molar-refractivity contribution is 5.77. The third-order valence-electron chi connectivity index (χ3n) is 3.83. The summed E-state index contributed by atoms with van der Waals surface area (Å²) in [6.07, 6.45) is 6.98. The molecule has 2 heterocycles.